The van der Waals surface area contributed by atoms with Gasteiger partial charge < -0.3 is 10.4 Å². The van der Waals surface area contributed by atoms with E-state index >= 15 is 0 Å². The van der Waals surface area contributed by atoms with Crippen molar-refractivity contribution < 1.29 is 14.7 Å². The molecule has 0 saturated carbocycles. The maximum absolute atomic E-state index is 12.0. The average molecular weight is 283 g/mol. The molecule has 2 aromatic carbocycles. The molecular weight excluding hydrogens is 266 g/mol. The lowest BCUT2D eigenvalue weighted by Gasteiger charge is -2.09. The Kier molecular flexibility index (Phi) is 4.38. The van der Waals surface area contributed by atoms with Gasteiger partial charge in [-0.25, -0.2) is 4.79 Å². The second kappa shape index (κ2) is 6.22. The van der Waals surface area contributed by atoms with Gasteiger partial charge >= 0.3 is 5.97 Å². The first-order valence-electron chi connectivity index (χ1n) is 6.65. The van der Waals surface area contributed by atoms with Crippen LogP contribution in [0.1, 0.15) is 27.0 Å². The molecule has 0 aliphatic carbocycles. The summed E-state index contributed by atoms with van der Waals surface area (Å²) >= 11 is 0. The summed E-state index contributed by atoms with van der Waals surface area (Å²) in [5.74, 6) is -1.17. The van der Waals surface area contributed by atoms with Crippen molar-refractivity contribution in [2.75, 3.05) is 5.32 Å². The van der Waals surface area contributed by atoms with Gasteiger partial charge in [0.1, 0.15) is 0 Å². The first-order chi connectivity index (χ1) is 9.95. The lowest BCUT2D eigenvalue weighted by molar-refractivity contribution is -0.115. The first kappa shape index (κ1) is 14.8. The largest absolute Gasteiger partial charge is 0.478 e. The van der Waals surface area contributed by atoms with Gasteiger partial charge in [-0.15, -0.1) is 0 Å². The van der Waals surface area contributed by atoms with Crippen LogP contribution in [0.2, 0.25) is 0 Å². The molecule has 0 unspecified atom stereocenters. The van der Waals surface area contributed by atoms with Crippen molar-refractivity contribution in [2.45, 2.75) is 20.3 Å². The van der Waals surface area contributed by atoms with Crippen LogP contribution in [0, 0.1) is 13.8 Å². The summed E-state index contributed by atoms with van der Waals surface area (Å²) in [7, 11) is 0. The zero-order chi connectivity index (χ0) is 15.4. The molecular formula is C17H17NO3. The number of aryl methyl sites for hydroxylation is 2. The van der Waals surface area contributed by atoms with Crippen LogP contribution in [-0.2, 0) is 11.2 Å². The Morgan fingerprint density at radius 3 is 2.33 bits per heavy atom. The van der Waals surface area contributed by atoms with Gasteiger partial charge in [-0.3, -0.25) is 4.79 Å². The third-order valence-electron chi connectivity index (χ3n) is 3.24. The first-order valence-corrected chi connectivity index (χ1v) is 6.65. The van der Waals surface area contributed by atoms with E-state index in [1.165, 1.54) is 12.1 Å². The number of carboxylic acids is 1. The Morgan fingerprint density at radius 2 is 1.71 bits per heavy atom. The van der Waals surface area contributed by atoms with Crippen LogP contribution >= 0.6 is 0 Å². The molecule has 2 N–H and O–H groups in total. The fraction of sp³-hybridized carbons (Fsp3) is 0.176. The number of rotatable bonds is 4. The smallest absolute Gasteiger partial charge is 0.335 e. The number of carbonyl (C=O) groups is 2. The van der Waals surface area contributed by atoms with E-state index in [0.29, 0.717) is 5.69 Å². The maximum Gasteiger partial charge on any atom is 0.335 e. The standard InChI is InChI=1S/C17H17NO3/c1-11-3-6-13(7-4-11)9-16(19)18-15-10-14(17(20)21)8-5-12(15)2/h3-8,10H,9H2,1-2H3,(H,18,19)(H,20,21). The summed E-state index contributed by atoms with van der Waals surface area (Å²) in [6, 6.07) is 12.4. The van der Waals surface area contributed by atoms with Crippen molar-refractivity contribution in [1.29, 1.82) is 0 Å². The van der Waals surface area contributed by atoms with Crippen molar-refractivity contribution in [3.8, 4) is 0 Å². The Labute approximate surface area is 123 Å². The molecule has 0 bridgehead atoms. The maximum atomic E-state index is 12.0. The predicted molar refractivity (Wildman–Crippen MR) is 81.7 cm³/mol. The summed E-state index contributed by atoms with van der Waals surface area (Å²) < 4.78 is 0. The van der Waals surface area contributed by atoms with E-state index in [2.05, 4.69) is 5.32 Å². The Bertz CT molecular complexity index is 675. The molecule has 4 nitrogen and oxygen atoms in total. The molecule has 1 amide bonds. The van der Waals surface area contributed by atoms with Crippen molar-refractivity contribution in [2.24, 2.45) is 0 Å². The number of carbonyl (C=O) groups excluding carboxylic acids is 1. The molecule has 0 heterocycles. The van der Waals surface area contributed by atoms with Gasteiger partial charge in [0, 0.05) is 5.69 Å². The number of nitrogens with one attached hydrogen (secondary N) is 1. The minimum Gasteiger partial charge on any atom is -0.478 e. The molecule has 21 heavy (non-hydrogen) atoms. The van der Waals surface area contributed by atoms with Crippen LogP contribution in [0.4, 0.5) is 5.69 Å². The third-order valence-corrected chi connectivity index (χ3v) is 3.24. The highest BCUT2D eigenvalue weighted by atomic mass is 16.4. The second-order valence-electron chi connectivity index (χ2n) is 5.05. The van der Waals surface area contributed by atoms with E-state index < -0.39 is 5.97 Å². The summed E-state index contributed by atoms with van der Waals surface area (Å²) in [6.07, 6.45) is 0.261. The lowest BCUT2D eigenvalue weighted by Crippen LogP contribution is -2.15. The van der Waals surface area contributed by atoms with Gasteiger partial charge in [-0.2, -0.15) is 0 Å². The third kappa shape index (κ3) is 3.92. The van der Waals surface area contributed by atoms with Gasteiger partial charge in [-0.05, 0) is 37.1 Å². The van der Waals surface area contributed by atoms with Crippen molar-refractivity contribution >= 4 is 17.6 Å². The highest BCUT2D eigenvalue weighted by Gasteiger charge is 2.09. The molecule has 0 aliphatic heterocycles. The van der Waals surface area contributed by atoms with Gasteiger partial charge in [0.2, 0.25) is 5.91 Å². The average Bonchev–Trinajstić information content (AvgIpc) is 2.43. The number of anilines is 1. The van der Waals surface area contributed by atoms with Gasteiger partial charge in [0.05, 0.1) is 12.0 Å². The van der Waals surface area contributed by atoms with E-state index in [1.54, 1.807) is 6.07 Å². The molecule has 0 saturated heterocycles. The topological polar surface area (TPSA) is 66.4 Å². The second-order valence-corrected chi connectivity index (χ2v) is 5.05. The number of amides is 1. The van der Waals surface area contributed by atoms with Gasteiger partial charge in [0.15, 0.2) is 0 Å². The monoisotopic (exact) mass is 283 g/mol. The van der Waals surface area contributed by atoms with Crippen LogP contribution in [0.5, 0.6) is 0 Å². The number of hydrogen-bond donors (Lipinski definition) is 2. The van der Waals surface area contributed by atoms with E-state index in [0.717, 1.165) is 16.7 Å². The number of aromatic carboxylic acids is 1. The fourth-order valence-electron chi connectivity index (χ4n) is 1.98. The van der Waals surface area contributed by atoms with Crippen molar-refractivity contribution in [3.63, 3.8) is 0 Å². The zero-order valence-corrected chi connectivity index (χ0v) is 12.0. The SMILES string of the molecule is Cc1ccc(CC(=O)Nc2cc(C(=O)O)ccc2C)cc1. The van der Waals surface area contributed by atoms with Crippen molar-refractivity contribution in [3.05, 3.63) is 64.7 Å². The van der Waals surface area contributed by atoms with Crippen LogP contribution in [0.3, 0.4) is 0 Å². The lowest BCUT2D eigenvalue weighted by atomic mass is 10.1. The Balaban J connectivity index is 2.10. The molecule has 0 aromatic heterocycles. The molecule has 0 aliphatic rings. The molecule has 2 aromatic rings. The Morgan fingerprint density at radius 1 is 1.05 bits per heavy atom. The normalized spacial score (nSPS) is 10.2. The summed E-state index contributed by atoms with van der Waals surface area (Å²) in [6.45, 7) is 3.82. The summed E-state index contributed by atoms with van der Waals surface area (Å²) in [5.41, 5.74) is 3.59. The van der Waals surface area contributed by atoms with Crippen LogP contribution < -0.4 is 5.32 Å². The molecule has 0 fully saturated rings. The molecule has 0 spiro atoms. The highest BCUT2D eigenvalue weighted by Crippen LogP contribution is 2.17. The number of carboxylic acid groups (broad SMARTS) is 1. The van der Waals surface area contributed by atoms with Gasteiger partial charge in [0.25, 0.3) is 0 Å². The molecule has 108 valence electrons. The summed E-state index contributed by atoms with van der Waals surface area (Å²) in [4.78, 5) is 23.0. The minimum atomic E-state index is -1.01. The van der Waals surface area contributed by atoms with E-state index in [4.69, 9.17) is 5.11 Å². The van der Waals surface area contributed by atoms with E-state index in [-0.39, 0.29) is 17.9 Å². The van der Waals surface area contributed by atoms with E-state index in [9.17, 15) is 9.59 Å². The summed E-state index contributed by atoms with van der Waals surface area (Å²) in [5, 5.41) is 11.7. The number of hydrogen-bond acceptors (Lipinski definition) is 2. The molecule has 0 atom stereocenters. The quantitative estimate of drug-likeness (QED) is 0.905. The zero-order valence-electron chi connectivity index (χ0n) is 12.0. The highest BCUT2D eigenvalue weighted by molar-refractivity contribution is 5.95. The minimum absolute atomic E-state index is 0.159. The molecule has 4 heteroatoms. The molecule has 2 rings (SSSR count). The Hall–Kier alpha value is -2.62. The fourth-order valence-corrected chi connectivity index (χ4v) is 1.98. The van der Waals surface area contributed by atoms with Gasteiger partial charge in [-0.1, -0.05) is 35.9 Å². The van der Waals surface area contributed by atoms with E-state index in [1.807, 2.05) is 38.1 Å². The molecule has 0 radical (unpaired) electrons. The van der Waals surface area contributed by atoms with Crippen LogP contribution in [0.25, 0.3) is 0 Å². The predicted octanol–water partition coefficient (Wildman–Crippen LogP) is 3.18. The number of benzene rings is 2. The van der Waals surface area contributed by atoms with Crippen molar-refractivity contribution in [1.82, 2.24) is 0 Å². The van der Waals surface area contributed by atoms with Crippen LogP contribution in [0.15, 0.2) is 42.5 Å². The van der Waals surface area contributed by atoms with Crippen LogP contribution in [-0.4, -0.2) is 17.0 Å².